The normalized spacial score (nSPS) is 13.9. The van der Waals surface area contributed by atoms with Gasteiger partial charge in [-0.05, 0) is 61.4 Å². The van der Waals surface area contributed by atoms with Gasteiger partial charge in [0.1, 0.15) is 23.3 Å². The molecule has 1 N–H and O–H groups in total. The zero-order valence-corrected chi connectivity index (χ0v) is 20.9. The van der Waals surface area contributed by atoms with E-state index in [1.165, 1.54) is 30.0 Å². The van der Waals surface area contributed by atoms with E-state index in [4.69, 9.17) is 9.47 Å². The molecule has 3 rings (SSSR count). The van der Waals surface area contributed by atoms with Crippen LogP contribution in [0, 0.1) is 5.82 Å². The lowest BCUT2D eigenvalue weighted by molar-refractivity contribution is 0.355. The molecule has 4 nitrogen and oxygen atoms in total. The van der Waals surface area contributed by atoms with Gasteiger partial charge in [0.25, 0.3) is 0 Å². The SMILES string of the molecule is C=C(SCC1=C(F)CCC=C1F)N(/C(=C/CC)Nc1ccc(OC)c(OC)c1)c1ccc(F)cc1. The van der Waals surface area contributed by atoms with Gasteiger partial charge in [-0.1, -0.05) is 13.5 Å². The second-order valence-electron chi connectivity index (χ2n) is 7.66. The first-order valence-electron chi connectivity index (χ1n) is 11.2. The quantitative estimate of drug-likeness (QED) is 0.336. The summed E-state index contributed by atoms with van der Waals surface area (Å²) < 4.78 is 52.9. The number of hydrogen-bond acceptors (Lipinski definition) is 5. The van der Waals surface area contributed by atoms with Gasteiger partial charge >= 0.3 is 0 Å². The zero-order valence-electron chi connectivity index (χ0n) is 20.0. The van der Waals surface area contributed by atoms with Crippen LogP contribution in [-0.4, -0.2) is 20.0 Å². The second kappa shape index (κ2) is 12.4. The minimum absolute atomic E-state index is 0.0512. The molecule has 0 radical (unpaired) electrons. The molecule has 0 heterocycles. The fourth-order valence-corrected chi connectivity index (χ4v) is 4.50. The molecule has 0 atom stereocenters. The molecule has 1 aliphatic rings. The summed E-state index contributed by atoms with van der Waals surface area (Å²) in [5.41, 5.74) is 1.42. The Morgan fingerprint density at radius 2 is 1.80 bits per heavy atom. The molecule has 0 saturated heterocycles. The number of thioether (sulfide) groups is 1. The number of halogens is 3. The van der Waals surface area contributed by atoms with Crippen molar-refractivity contribution in [2.24, 2.45) is 0 Å². The van der Waals surface area contributed by atoms with Gasteiger partial charge in [-0.25, -0.2) is 13.2 Å². The van der Waals surface area contributed by atoms with Gasteiger partial charge in [0.2, 0.25) is 0 Å². The van der Waals surface area contributed by atoms with Crippen molar-refractivity contribution in [1.29, 1.82) is 0 Å². The number of ether oxygens (including phenoxy) is 2. The van der Waals surface area contributed by atoms with E-state index in [1.54, 1.807) is 43.4 Å². The van der Waals surface area contributed by atoms with Crippen LogP contribution in [-0.2, 0) is 0 Å². The summed E-state index contributed by atoms with van der Waals surface area (Å²) >= 11 is 1.21. The Kier molecular flexibility index (Phi) is 9.37. The molecule has 186 valence electrons. The van der Waals surface area contributed by atoms with Gasteiger partial charge in [0, 0.05) is 35.2 Å². The molecular formula is C27H29F3N2O2S. The van der Waals surface area contributed by atoms with E-state index in [-0.39, 0.29) is 23.6 Å². The van der Waals surface area contributed by atoms with Gasteiger partial charge in [0.15, 0.2) is 11.5 Å². The number of allylic oxidation sites excluding steroid dienone is 4. The van der Waals surface area contributed by atoms with Crippen LogP contribution < -0.4 is 19.7 Å². The van der Waals surface area contributed by atoms with Crippen LogP contribution in [0.2, 0.25) is 0 Å². The van der Waals surface area contributed by atoms with E-state index >= 15 is 0 Å². The minimum Gasteiger partial charge on any atom is -0.493 e. The van der Waals surface area contributed by atoms with E-state index in [0.29, 0.717) is 40.9 Å². The fraction of sp³-hybridized carbons (Fsp3) is 0.259. The predicted octanol–water partition coefficient (Wildman–Crippen LogP) is 8.09. The number of rotatable bonds is 11. The van der Waals surface area contributed by atoms with Crippen molar-refractivity contribution in [3.63, 3.8) is 0 Å². The molecule has 8 heteroatoms. The van der Waals surface area contributed by atoms with Crippen LogP contribution in [0.5, 0.6) is 11.5 Å². The van der Waals surface area contributed by atoms with Crippen molar-refractivity contribution in [2.75, 3.05) is 30.2 Å². The maximum atomic E-state index is 14.3. The van der Waals surface area contributed by atoms with Crippen molar-refractivity contribution >= 4 is 23.1 Å². The highest BCUT2D eigenvalue weighted by Gasteiger charge is 2.21. The molecule has 2 aromatic rings. The summed E-state index contributed by atoms with van der Waals surface area (Å²) in [6.07, 6.45) is 4.59. The number of methoxy groups -OCH3 is 2. The summed E-state index contributed by atoms with van der Waals surface area (Å²) in [4.78, 5) is 1.80. The molecule has 0 aromatic heterocycles. The summed E-state index contributed by atoms with van der Waals surface area (Å²) in [6, 6.07) is 11.4. The number of hydrogen-bond donors (Lipinski definition) is 1. The molecule has 0 saturated carbocycles. The molecule has 0 bridgehead atoms. The van der Waals surface area contributed by atoms with Gasteiger partial charge in [-0.2, -0.15) is 0 Å². The van der Waals surface area contributed by atoms with Crippen LogP contribution in [0.4, 0.5) is 24.5 Å². The molecule has 35 heavy (non-hydrogen) atoms. The third-order valence-corrected chi connectivity index (χ3v) is 6.26. The molecule has 1 aliphatic carbocycles. The molecule has 2 aromatic carbocycles. The van der Waals surface area contributed by atoms with E-state index in [9.17, 15) is 13.2 Å². The first-order valence-corrected chi connectivity index (χ1v) is 12.2. The third kappa shape index (κ3) is 6.66. The average Bonchev–Trinajstić information content (AvgIpc) is 2.85. The fourth-order valence-electron chi connectivity index (χ4n) is 3.56. The molecule has 0 amide bonds. The Morgan fingerprint density at radius 1 is 1.09 bits per heavy atom. The zero-order chi connectivity index (χ0) is 25.4. The molecule has 0 fully saturated rings. The molecule has 0 spiro atoms. The molecule has 0 unspecified atom stereocenters. The second-order valence-corrected chi connectivity index (χ2v) is 8.71. The topological polar surface area (TPSA) is 33.7 Å². The Bertz CT molecular complexity index is 1140. The lowest BCUT2D eigenvalue weighted by Crippen LogP contribution is -2.25. The molecular weight excluding hydrogens is 473 g/mol. The minimum atomic E-state index is -0.532. The number of nitrogens with one attached hydrogen (secondary N) is 1. The maximum Gasteiger partial charge on any atom is 0.162 e. The van der Waals surface area contributed by atoms with Crippen molar-refractivity contribution in [3.8, 4) is 11.5 Å². The van der Waals surface area contributed by atoms with Gasteiger partial charge in [0.05, 0.1) is 19.2 Å². The van der Waals surface area contributed by atoms with Crippen LogP contribution >= 0.6 is 11.8 Å². The highest BCUT2D eigenvalue weighted by molar-refractivity contribution is 8.03. The monoisotopic (exact) mass is 502 g/mol. The van der Waals surface area contributed by atoms with Crippen LogP contribution in [0.3, 0.4) is 0 Å². The Labute approximate surface area is 208 Å². The van der Waals surface area contributed by atoms with Crippen molar-refractivity contribution in [2.45, 2.75) is 26.2 Å². The van der Waals surface area contributed by atoms with E-state index in [1.807, 2.05) is 19.1 Å². The van der Waals surface area contributed by atoms with Crippen LogP contribution in [0.15, 0.2) is 89.3 Å². The molecule has 0 aliphatic heterocycles. The average molecular weight is 503 g/mol. The van der Waals surface area contributed by atoms with E-state index in [2.05, 4.69) is 11.9 Å². The Balaban J connectivity index is 1.93. The van der Waals surface area contributed by atoms with Gasteiger partial charge < -0.3 is 14.8 Å². The van der Waals surface area contributed by atoms with Crippen molar-refractivity contribution < 1.29 is 22.6 Å². The lowest BCUT2D eigenvalue weighted by atomic mass is 10.1. The number of nitrogens with zero attached hydrogens (tertiary/aromatic N) is 1. The highest BCUT2D eigenvalue weighted by atomic mass is 32.2. The van der Waals surface area contributed by atoms with Crippen molar-refractivity contribution in [3.05, 3.63) is 95.1 Å². The van der Waals surface area contributed by atoms with Crippen LogP contribution in [0.25, 0.3) is 0 Å². The van der Waals surface area contributed by atoms with E-state index < -0.39 is 11.7 Å². The maximum absolute atomic E-state index is 14.3. The lowest BCUT2D eigenvalue weighted by Gasteiger charge is -2.30. The number of benzene rings is 2. The van der Waals surface area contributed by atoms with Crippen molar-refractivity contribution in [1.82, 2.24) is 0 Å². The summed E-state index contributed by atoms with van der Waals surface area (Å²) in [7, 11) is 3.12. The highest BCUT2D eigenvalue weighted by Crippen LogP contribution is 2.37. The Morgan fingerprint density at radius 3 is 2.43 bits per heavy atom. The van der Waals surface area contributed by atoms with Crippen LogP contribution in [0.1, 0.15) is 26.2 Å². The number of anilines is 2. The third-order valence-electron chi connectivity index (χ3n) is 5.31. The Hall–Kier alpha value is -3.26. The van der Waals surface area contributed by atoms with Gasteiger partial charge in [-0.15, -0.1) is 11.8 Å². The summed E-state index contributed by atoms with van der Waals surface area (Å²) in [6.45, 7) is 6.16. The smallest absolute Gasteiger partial charge is 0.162 e. The largest absolute Gasteiger partial charge is 0.493 e. The first-order chi connectivity index (χ1) is 16.9. The van der Waals surface area contributed by atoms with Gasteiger partial charge in [-0.3, -0.25) is 4.90 Å². The predicted molar refractivity (Wildman–Crippen MR) is 139 cm³/mol. The summed E-state index contributed by atoms with van der Waals surface area (Å²) in [5.74, 6) is 0.534. The van der Waals surface area contributed by atoms with E-state index in [0.717, 1.165) is 5.69 Å². The summed E-state index contributed by atoms with van der Waals surface area (Å²) in [5, 5.41) is 3.88. The standard InChI is InChI=1S/C27H29F3N2O2S/c1-5-7-27(31-20-12-15-25(33-3)26(16-20)34-4)32(21-13-10-19(28)11-14-21)18(2)35-17-22-23(29)8-6-9-24(22)30/h7-8,10-16,31H,2,5-6,9,17H2,1,3-4H3/b27-7+. The first kappa shape index (κ1) is 26.3.